The van der Waals surface area contributed by atoms with Crippen LogP contribution in [0.4, 0.5) is 0 Å². The number of hydrogen-bond donors (Lipinski definition) is 2. The number of hydrogen-bond acceptors (Lipinski definition) is 3. The maximum atomic E-state index is 9.18. The minimum Gasteiger partial charge on any atom is -0.394 e. The Morgan fingerprint density at radius 3 is 2.56 bits per heavy atom. The lowest BCUT2D eigenvalue weighted by Crippen LogP contribution is -2.41. The molecule has 2 aliphatic rings. The second-order valence-corrected chi connectivity index (χ2v) is 5.72. The van der Waals surface area contributed by atoms with Crippen molar-refractivity contribution in [3.8, 4) is 0 Å². The molecule has 3 nitrogen and oxygen atoms in total. The van der Waals surface area contributed by atoms with Gasteiger partial charge in [-0.25, -0.2) is 0 Å². The smallest absolute Gasteiger partial charge is 0.0612 e. The zero-order chi connectivity index (χ0) is 11.4. The Kier molecular flexibility index (Phi) is 4.22. The first-order chi connectivity index (χ1) is 7.72. The van der Waals surface area contributed by atoms with Crippen LogP contribution in [0.5, 0.6) is 0 Å². The molecule has 0 radical (unpaired) electrons. The van der Waals surface area contributed by atoms with Crippen LogP contribution in [-0.2, 0) is 4.74 Å². The molecule has 0 heterocycles. The summed E-state index contributed by atoms with van der Waals surface area (Å²) in [5.41, 5.74) is 5.66. The number of aliphatic hydroxyl groups is 1. The van der Waals surface area contributed by atoms with Crippen molar-refractivity contribution in [1.29, 1.82) is 0 Å². The summed E-state index contributed by atoms with van der Waals surface area (Å²) in [7, 11) is 0. The normalized spacial score (nSPS) is 36.8. The quantitative estimate of drug-likeness (QED) is 0.770. The maximum Gasteiger partial charge on any atom is 0.0612 e. The lowest BCUT2D eigenvalue weighted by atomic mass is 9.90. The van der Waals surface area contributed by atoms with Crippen LogP contribution >= 0.6 is 0 Å². The molecule has 0 saturated heterocycles. The zero-order valence-corrected chi connectivity index (χ0v) is 10.2. The lowest BCUT2D eigenvalue weighted by Gasteiger charge is -2.24. The van der Waals surface area contributed by atoms with Crippen molar-refractivity contribution in [3.05, 3.63) is 0 Å². The average molecular weight is 227 g/mol. The van der Waals surface area contributed by atoms with Crippen molar-refractivity contribution in [3.63, 3.8) is 0 Å². The Morgan fingerprint density at radius 1 is 1.19 bits per heavy atom. The van der Waals surface area contributed by atoms with Gasteiger partial charge < -0.3 is 15.6 Å². The molecule has 3 heteroatoms. The summed E-state index contributed by atoms with van der Waals surface area (Å²) < 4.78 is 5.95. The number of aliphatic hydroxyl groups excluding tert-OH is 1. The van der Waals surface area contributed by atoms with Crippen LogP contribution in [-0.4, -0.2) is 30.0 Å². The molecule has 0 aromatic carbocycles. The molecule has 0 bridgehead atoms. The third-order valence-corrected chi connectivity index (χ3v) is 4.21. The van der Waals surface area contributed by atoms with E-state index in [-0.39, 0.29) is 12.1 Å². The van der Waals surface area contributed by atoms with Crippen LogP contribution in [0.3, 0.4) is 0 Å². The van der Waals surface area contributed by atoms with Crippen molar-refractivity contribution >= 4 is 0 Å². The Balaban J connectivity index is 1.67. The van der Waals surface area contributed by atoms with Crippen molar-refractivity contribution in [1.82, 2.24) is 0 Å². The molecule has 2 rings (SSSR count). The van der Waals surface area contributed by atoms with Gasteiger partial charge in [0, 0.05) is 12.1 Å². The Morgan fingerprint density at radius 2 is 1.94 bits per heavy atom. The van der Waals surface area contributed by atoms with Crippen LogP contribution in [0.1, 0.15) is 51.4 Å². The number of nitrogens with two attached hydrogens (primary N) is 1. The highest BCUT2D eigenvalue weighted by Crippen LogP contribution is 2.31. The standard InChI is InChI=1S/C13H25NO2/c14-13(10-15)7-6-12(8-13)16-9-11-4-2-1-3-5-11/h11-12,15H,1-10,14H2. The van der Waals surface area contributed by atoms with Gasteiger partial charge in [0.15, 0.2) is 0 Å². The Labute approximate surface area is 98.4 Å². The zero-order valence-electron chi connectivity index (χ0n) is 10.2. The van der Waals surface area contributed by atoms with Gasteiger partial charge in [-0.05, 0) is 38.0 Å². The van der Waals surface area contributed by atoms with E-state index in [9.17, 15) is 5.11 Å². The fourth-order valence-electron chi connectivity index (χ4n) is 3.02. The highest BCUT2D eigenvalue weighted by Gasteiger charge is 2.35. The molecule has 16 heavy (non-hydrogen) atoms. The summed E-state index contributed by atoms with van der Waals surface area (Å²) in [5, 5.41) is 9.18. The van der Waals surface area contributed by atoms with Crippen LogP contribution < -0.4 is 5.73 Å². The van der Waals surface area contributed by atoms with Gasteiger partial charge in [0.25, 0.3) is 0 Å². The fourth-order valence-corrected chi connectivity index (χ4v) is 3.02. The van der Waals surface area contributed by atoms with Gasteiger partial charge in [0.05, 0.1) is 12.7 Å². The molecule has 2 fully saturated rings. The minimum atomic E-state index is -0.364. The van der Waals surface area contributed by atoms with Crippen molar-refractivity contribution < 1.29 is 9.84 Å². The van der Waals surface area contributed by atoms with Gasteiger partial charge in [-0.3, -0.25) is 0 Å². The van der Waals surface area contributed by atoms with E-state index in [0.29, 0.717) is 6.10 Å². The third kappa shape index (κ3) is 3.19. The second kappa shape index (κ2) is 5.48. The van der Waals surface area contributed by atoms with E-state index >= 15 is 0 Å². The van der Waals surface area contributed by atoms with E-state index < -0.39 is 0 Å². The first-order valence-corrected chi connectivity index (χ1v) is 6.73. The topological polar surface area (TPSA) is 55.5 Å². The molecule has 2 unspecified atom stereocenters. The van der Waals surface area contributed by atoms with Crippen LogP contribution in [0, 0.1) is 5.92 Å². The summed E-state index contributed by atoms with van der Waals surface area (Å²) in [6.45, 7) is 1.00. The Hall–Kier alpha value is -0.120. The van der Waals surface area contributed by atoms with E-state index in [4.69, 9.17) is 10.5 Å². The van der Waals surface area contributed by atoms with Gasteiger partial charge >= 0.3 is 0 Å². The molecule has 3 N–H and O–H groups in total. The van der Waals surface area contributed by atoms with Gasteiger partial charge in [0.1, 0.15) is 0 Å². The third-order valence-electron chi connectivity index (χ3n) is 4.21. The van der Waals surface area contributed by atoms with Gasteiger partial charge in [0.2, 0.25) is 0 Å². The molecule has 0 amide bonds. The predicted octanol–water partition coefficient (Wildman–Crippen LogP) is 1.83. The monoisotopic (exact) mass is 227 g/mol. The van der Waals surface area contributed by atoms with Crippen molar-refractivity contribution in [2.45, 2.75) is 63.0 Å². The first-order valence-electron chi connectivity index (χ1n) is 6.73. The first kappa shape index (κ1) is 12.3. The average Bonchev–Trinajstić information content (AvgIpc) is 2.71. The molecule has 2 saturated carbocycles. The van der Waals surface area contributed by atoms with Crippen molar-refractivity contribution in [2.24, 2.45) is 11.7 Å². The molecule has 2 aliphatic carbocycles. The van der Waals surface area contributed by atoms with Crippen LogP contribution in [0.15, 0.2) is 0 Å². The van der Waals surface area contributed by atoms with E-state index in [1.54, 1.807) is 0 Å². The molecule has 94 valence electrons. The molecular formula is C13H25NO2. The number of ether oxygens (including phenoxy) is 1. The minimum absolute atomic E-state index is 0.0935. The fraction of sp³-hybridized carbons (Fsp3) is 1.00. The Bertz CT molecular complexity index is 216. The summed E-state index contributed by atoms with van der Waals surface area (Å²) in [5.74, 6) is 0.774. The molecule has 0 aromatic heterocycles. The highest BCUT2D eigenvalue weighted by atomic mass is 16.5. The van der Waals surface area contributed by atoms with Crippen LogP contribution in [0.2, 0.25) is 0 Å². The van der Waals surface area contributed by atoms with E-state index in [0.717, 1.165) is 31.8 Å². The van der Waals surface area contributed by atoms with E-state index in [2.05, 4.69) is 0 Å². The number of rotatable bonds is 4. The maximum absolute atomic E-state index is 9.18. The summed E-state index contributed by atoms with van der Waals surface area (Å²) in [4.78, 5) is 0. The molecule has 0 aliphatic heterocycles. The van der Waals surface area contributed by atoms with Gasteiger partial charge in [-0.2, -0.15) is 0 Å². The molecule has 2 atom stereocenters. The van der Waals surface area contributed by atoms with E-state index in [1.165, 1.54) is 32.1 Å². The van der Waals surface area contributed by atoms with Gasteiger partial charge in [-0.15, -0.1) is 0 Å². The summed E-state index contributed by atoms with van der Waals surface area (Å²) >= 11 is 0. The summed E-state index contributed by atoms with van der Waals surface area (Å²) in [6, 6.07) is 0. The molecular weight excluding hydrogens is 202 g/mol. The second-order valence-electron chi connectivity index (χ2n) is 5.72. The highest BCUT2D eigenvalue weighted by molar-refractivity contribution is 4.93. The van der Waals surface area contributed by atoms with Crippen molar-refractivity contribution in [2.75, 3.05) is 13.2 Å². The largest absolute Gasteiger partial charge is 0.394 e. The SMILES string of the molecule is NC1(CO)CCC(OCC2CCCCC2)C1. The molecule has 0 spiro atoms. The predicted molar refractivity (Wildman–Crippen MR) is 64.2 cm³/mol. The van der Waals surface area contributed by atoms with Gasteiger partial charge in [-0.1, -0.05) is 19.3 Å². The molecule has 0 aromatic rings. The van der Waals surface area contributed by atoms with Crippen LogP contribution in [0.25, 0.3) is 0 Å². The summed E-state index contributed by atoms with van der Waals surface area (Å²) in [6.07, 6.45) is 9.85. The lowest BCUT2D eigenvalue weighted by molar-refractivity contribution is 0.0196. The van der Waals surface area contributed by atoms with E-state index in [1.807, 2.05) is 0 Å².